The fourth-order valence-corrected chi connectivity index (χ4v) is 4.38. The van der Waals surface area contributed by atoms with Gasteiger partial charge in [-0.3, -0.25) is 4.79 Å². The summed E-state index contributed by atoms with van der Waals surface area (Å²) in [6.07, 6.45) is 3.21. The first-order valence-corrected chi connectivity index (χ1v) is 10.8. The van der Waals surface area contributed by atoms with Crippen molar-refractivity contribution in [2.45, 2.75) is 44.0 Å². The van der Waals surface area contributed by atoms with E-state index in [1.165, 1.54) is 30.7 Å². The van der Waals surface area contributed by atoms with Crippen LogP contribution in [0.2, 0.25) is 10.0 Å². The second-order valence-corrected chi connectivity index (χ2v) is 8.73. The molecule has 0 aliphatic carbocycles. The number of carbonyl (C=O) groups is 1. The molecule has 27 heavy (non-hydrogen) atoms. The number of aryl methyl sites for hydroxylation is 1. The van der Waals surface area contributed by atoms with Gasteiger partial charge in [0.2, 0.25) is 15.9 Å². The number of hydrogen-bond acceptors (Lipinski definition) is 3. The van der Waals surface area contributed by atoms with Crippen LogP contribution in [0.3, 0.4) is 0 Å². The van der Waals surface area contributed by atoms with Crippen molar-refractivity contribution in [1.29, 1.82) is 0 Å². The summed E-state index contributed by atoms with van der Waals surface area (Å²) in [6, 6.07) is 10.6. The molecule has 8 heteroatoms. The maximum atomic E-state index is 12.5. The minimum Gasteiger partial charge on any atom is -0.325 e. The largest absolute Gasteiger partial charge is 0.325 e. The Hall–Kier alpha value is -1.60. The van der Waals surface area contributed by atoms with Crippen LogP contribution in [0.4, 0.5) is 5.69 Å². The maximum Gasteiger partial charge on any atom is 0.242 e. The molecule has 2 rings (SSSR count). The number of anilines is 1. The SMILES string of the molecule is CCCCc1ccc(NC(=O)[C@@H](C)NS(=O)(=O)c2cc(Cl)ccc2Cl)cc1. The van der Waals surface area contributed by atoms with E-state index in [2.05, 4.69) is 17.0 Å². The third-order valence-electron chi connectivity index (χ3n) is 3.95. The molecular formula is C19H22Cl2N2O3S. The molecule has 1 amide bonds. The molecule has 0 bridgehead atoms. The van der Waals surface area contributed by atoms with Crippen LogP contribution in [0.15, 0.2) is 47.4 Å². The zero-order valence-corrected chi connectivity index (χ0v) is 17.5. The van der Waals surface area contributed by atoms with Crippen molar-refractivity contribution in [1.82, 2.24) is 4.72 Å². The predicted octanol–water partition coefficient (Wildman–Crippen LogP) is 4.64. The van der Waals surface area contributed by atoms with Crippen LogP contribution >= 0.6 is 23.2 Å². The van der Waals surface area contributed by atoms with Gasteiger partial charge in [-0.15, -0.1) is 0 Å². The number of sulfonamides is 1. The van der Waals surface area contributed by atoms with Crippen LogP contribution in [0.25, 0.3) is 0 Å². The molecule has 0 spiro atoms. The van der Waals surface area contributed by atoms with E-state index < -0.39 is 22.0 Å². The van der Waals surface area contributed by atoms with E-state index in [1.807, 2.05) is 12.1 Å². The molecule has 2 N–H and O–H groups in total. The summed E-state index contributed by atoms with van der Waals surface area (Å²) in [5.74, 6) is -0.474. The zero-order valence-electron chi connectivity index (χ0n) is 15.1. The van der Waals surface area contributed by atoms with E-state index in [9.17, 15) is 13.2 Å². The van der Waals surface area contributed by atoms with Crippen LogP contribution in [0.5, 0.6) is 0 Å². The van der Waals surface area contributed by atoms with Crippen molar-refractivity contribution in [2.75, 3.05) is 5.32 Å². The predicted molar refractivity (Wildman–Crippen MR) is 110 cm³/mol. The standard InChI is InChI=1S/C19H22Cl2N2O3S/c1-3-4-5-14-6-9-16(10-7-14)22-19(24)13(2)23-27(25,26)18-12-15(20)8-11-17(18)21/h6-13,23H,3-5H2,1-2H3,(H,22,24)/t13-/m1/s1. The summed E-state index contributed by atoms with van der Waals surface area (Å²) in [4.78, 5) is 12.2. The third-order valence-corrected chi connectivity index (χ3v) is 6.21. The number of unbranched alkanes of at least 4 members (excludes halogenated alkanes) is 1. The molecule has 0 aliphatic rings. The monoisotopic (exact) mass is 428 g/mol. The van der Waals surface area contributed by atoms with Crippen LogP contribution in [-0.4, -0.2) is 20.4 Å². The Morgan fingerprint density at radius 2 is 1.78 bits per heavy atom. The highest BCUT2D eigenvalue weighted by Gasteiger charge is 2.24. The van der Waals surface area contributed by atoms with Crippen LogP contribution in [0, 0.1) is 0 Å². The summed E-state index contributed by atoms with van der Waals surface area (Å²) in [7, 11) is -3.99. The van der Waals surface area contributed by atoms with Crippen LogP contribution < -0.4 is 10.0 Å². The molecule has 0 radical (unpaired) electrons. The summed E-state index contributed by atoms with van der Waals surface area (Å²) in [5, 5.41) is 2.97. The smallest absolute Gasteiger partial charge is 0.242 e. The van der Waals surface area contributed by atoms with Crippen LogP contribution in [0.1, 0.15) is 32.3 Å². The van der Waals surface area contributed by atoms with Crippen molar-refractivity contribution in [3.05, 3.63) is 58.1 Å². The molecule has 0 saturated heterocycles. The van der Waals surface area contributed by atoms with Gasteiger partial charge in [0, 0.05) is 10.7 Å². The molecular weight excluding hydrogens is 407 g/mol. The molecule has 0 aromatic heterocycles. The summed E-state index contributed by atoms with van der Waals surface area (Å²) in [6.45, 7) is 3.59. The first-order valence-electron chi connectivity index (χ1n) is 8.60. The minimum atomic E-state index is -3.99. The van der Waals surface area contributed by atoms with Crippen LogP contribution in [-0.2, 0) is 21.2 Å². The number of rotatable bonds is 8. The Morgan fingerprint density at radius 3 is 2.41 bits per heavy atom. The minimum absolute atomic E-state index is 0.0298. The normalized spacial score (nSPS) is 12.6. The number of amides is 1. The van der Waals surface area contributed by atoms with E-state index >= 15 is 0 Å². The number of halogens is 2. The van der Waals surface area contributed by atoms with E-state index in [4.69, 9.17) is 23.2 Å². The third kappa shape index (κ3) is 6.21. The van der Waals surface area contributed by atoms with Crippen molar-refractivity contribution in [3.8, 4) is 0 Å². The first kappa shape index (κ1) is 21.7. The summed E-state index contributed by atoms with van der Waals surface area (Å²) in [5.41, 5.74) is 1.80. The topological polar surface area (TPSA) is 75.3 Å². The van der Waals surface area contributed by atoms with Gasteiger partial charge in [-0.1, -0.05) is 48.7 Å². The molecule has 5 nitrogen and oxygen atoms in total. The number of carbonyl (C=O) groups excluding carboxylic acids is 1. The highest BCUT2D eigenvalue weighted by atomic mass is 35.5. The van der Waals surface area contributed by atoms with Gasteiger partial charge in [-0.2, -0.15) is 4.72 Å². The van der Waals surface area contributed by atoms with Crippen molar-refractivity contribution in [3.63, 3.8) is 0 Å². The first-order chi connectivity index (χ1) is 12.7. The average Bonchev–Trinajstić information content (AvgIpc) is 2.62. The average molecular weight is 429 g/mol. The molecule has 0 heterocycles. The van der Waals surface area contributed by atoms with Gasteiger partial charge in [-0.05, 0) is 55.7 Å². The Kier molecular flexibility index (Phi) is 7.68. The lowest BCUT2D eigenvalue weighted by molar-refractivity contribution is -0.117. The molecule has 2 aromatic carbocycles. The van der Waals surface area contributed by atoms with Gasteiger partial charge in [0.05, 0.1) is 11.1 Å². The fourth-order valence-electron chi connectivity index (χ4n) is 2.42. The van der Waals surface area contributed by atoms with Crippen molar-refractivity contribution < 1.29 is 13.2 Å². The Labute approximate surface area is 170 Å². The van der Waals surface area contributed by atoms with Crippen molar-refractivity contribution >= 4 is 44.8 Å². The number of benzene rings is 2. The molecule has 146 valence electrons. The highest BCUT2D eigenvalue weighted by molar-refractivity contribution is 7.89. The molecule has 0 aliphatic heterocycles. The zero-order chi connectivity index (χ0) is 20.0. The summed E-state index contributed by atoms with van der Waals surface area (Å²) >= 11 is 11.8. The molecule has 2 aromatic rings. The molecule has 0 unspecified atom stereocenters. The van der Waals surface area contributed by atoms with E-state index in [0.29, 0.717) is 5.69 Å². The van der Waals surface area contributed by atoms with E-state index in [-0.39, 0.29) is 14.9 Å². The lowest BCUT2D eigenvalue weighted by Crippen LogP contribution is -2.41. The van der Waals surface area contributed by atoms with E-state index in [1.54, 1.807) is 12.1 Å². The Balaban J connectivity index is 2.03. The molecule has 0 fully saturated rings. The molecule has 0 saturated carbocycles. The maximum absolute atomic E-state index is 12.5. The summed E-state index contributed by atoms with van der Waals surface area (Å²) < 4.78 is 27.3. The number of hydrogen-bond donors (Lipinski definition) is 2. The van der Waals surface area contributed by atoms with E-state index in [0.717, 1.165) is 19.3 Å². The second kappa shape index (κ2) is 9.55. The van der Waals surface area contributed by atoms with Gasteiger partial charge in [0.1, 0.15) is 4.90 Å². The van der Waals surface area contributed by atoms with Gasteiger partial charge >= 0.3 is 0 Å². The van der Waals surface area contributed by atoms with Gasteiger partial charge in [0.25, 0.3) is 0 Å². The highest BCUT2D eigenvalue weighted by Crippen LogP contribution is 2.25. The fraction of sp³-hybridized carbons (Fsp3) is 0.316. The quantitative estimate of drug-likeness (QED) is 0.642. The lowest BCUT2D eigenvalue weighted by atomic mass is 10.1. The molecule has 1 atom stereocenters. The Bertz CT molecular complexity index is 900. The second-order valence-electron chi connectivity index (χ2n) is 6.21. The van der Waals surface area contributed by atoms with Crippen molar-refractivity contribution in [2.24, 2.45) is 0 Å². The number of nitrogens with one attached hydrogen (secondary N) is 2. The van der Waals surface area contributed by atoms with Gasteiger partial charge < -0.3 is 5.32 Å². The lowest BCUT2D eigenvalue weighted by Gasteiger charge is -2.15. The van der Waals surface area contributed by atoms with Gasteiger partial charge in [-0.25, -0.2) is 8.42 Å². The van der Waals surface area contributed by atoms with Gasteiger partial charge in [0.15, 0.2) is 0 Å². The Morgan fingerprint density at radius 1 is 1.11 bits per heavy atom.